The summed E-state index contributed by atoms with van der Waals surface area (Å²) in [5.74, 6) is -2.71. The molecule has 2 amide bonds. The molecule has 0 fully saturated rings. The van der Waals surface area contributed by atoms with Crippen LogP contribution in [0.25, 0.3) is 21.6 Å². The number of nitrogens with two attached hydrogens (primary N) is 1. The highest BCUT2D eigenvalue weighted by Gasteiger charge is 2.18. The van der Waals surface area contributed by atoms with E-state index in [1.54, 1.807) is 18.2 Å². The monoisotopic (exact) mass is 512 g/mol. The van der Waals surface area contributed by atoms with Crippen molar-refractivity contribution >= 4 is 23.7 Å². The Hall–Kier alpha value is -4.01. The molecule has 186 valence electrons. The minimum absolute atomic E-state index is 0.0892. The number of hydrogen-bond donors (Lipinski definition) is 2. The van der Waals surface area contributed by atoms with Gasteiger partial charge in [-0.2, -0.15) is 5.26 Å². The van der Waals surface area contributed by atoms with Crippen LogP contribution in [0.15, 0.2) is 47.6 Å². The maximum atomic E-state index is 14.7. The molecule has 0 saturated heterocycles. The highest BCUT2D eigenvalue weighted by Crippen LogP contribution is 2.41. The number of thiophene rings is 1. The lowest BCUT2D eigenvalue weighted by Crippen LogP contribution is -2.24. The molecule has 0 radical (unpaired) electrons. The number of carbonyl (C=O) groups excluding carboxylic acids is 2. The Morgan fingerprint density at radius 2 is 1.94 bits per heavy atom. The molecule has 36 heavy (non-hydrogen) atoms. The van der Waals surface area contributed by atoms with Crippen molar-refractivity contribution in [1.29, 1.82) is 5.26 Å². The second-order valence-electron chi connectivity index (χ2n) is 7.86. The van der Waals surface area contributed by atoms with E-state index in [4.69, 9.17) is 15.7 Å². The average molecular weight is 513 g/mol. The summed E-state index contributed by atoms with van der Waals surface area (Å²) >= 11 is 1.37. The van der Waals surface area contributed by atoms with Crippen LogP contribution in [-0.2, 0) is 16.0 Å². The molecule has 3 aromatic rings. The number of hydrogen-bond acceptors (Lipinski definition) is 7. The van der Waals surface area contributed by atoms with E-state index in [0.717, 1.165) is 4.88 Å². The molecule has 3 rings (SSSR count). The van der Waals surface area contributed by atoms with Gasteiger partial charge in [0, 0.05) is 33.1 Å². The fraction of sp³-hybridized carbons (Fsp3) is 0.240. The molecule has 0 aliphatic heterocycles. The molecule has 11 heteroatoms. The normalized spacial score (nSPS) is 11.4. The first-order valence-corrected chi connectivity index (χ1v) is 11.7. The minimum Gasteiger partial charge on any atom is -0.480 e. The fourth-order valence-corrected chi connectivity index (χ4v) is 4.82. The van der Waals surface area contributed by atoms with Crippen LogP contribution in [0.3, 0.4) is 0 Å². The number of amides is 2. The van der Waals surface area contributed by atoms with Gasteiger partial charge >= 0.3 is 5.91 Å². The number of nitrogens with one attached hydrogen (secondary N) is 1. The first-order chi connectivity index (χ1) is 17.4. The van der Waals surface area contributed by atoms with Gasteiger partial charge in [-0.05, 0) is 66.8 Å². The van der Waals surface area contributed by atoms with Crippen molar-refractivity contribution in [2.75, 3.05) is 13.2 Å². The molecule has 0 aliphatic carbocycles. The number of benzene rings is 2. The quantitative estimate of drug-likeness (QED) is 0.211. The SMILES string of the molecule is N#Cc1ccc(-c2cc(CC(N)CCCNC=O)sc2-c2ccc(OCC(=O)N=O)c(F)c2)cc1F. The lowest BCUT2D eigenvalue weighted by molar-refractivity contribution is -0.119. The summed E-state index contributed by atoms with van der Waals surface area (Å²) in [6.07, 6.45) is 2.53. The van der Waals surface area contributed by atoms with Crippen LogP contribution < -0.4 is 15.8 Å². The molecule has 3 N–H and O–H groups in total. The van der Waals surface area contributed by atoms with Gasteiger partial charge in [-0.25, -0.2) is 8.78 Å². The number of ether oxygens (including phenoxy) is 1. The molecule has 0 bridgehead atoms. The van der Waals surface area contributed by atoms with Crippen LogP contribution in [0.5, 0.6) is 5.75 Å². The Labute approximate surface area is 209 Å². The van der Waals surface area contributed by atoms with Gasteiger partial charge in [0.15, 0.2) is 18.2 Å². The molecular formula is C25H22F2N4O4S. The molecule has 8 nitrogen and oxygen atoms in total. The van der Waals surface area contributed by atoms with Gasteiger partial charge in [0.05, 0.1) is 5.56 Å². The lowest BCUT2D eigenvalue weighted by Gasteiger charge is -2.09. The standard InChI is InChI=1S/C25H22F2N4O4S/c26-21-8-15(3-4-17(21)12-28)20-11-19(10-18(29)2-1-7-30-14-32)36-25(20)16-5-6-23(22(27)9-16)35-13-24(33)31-34/h3-6,8-9,11,14,18H,1-2,7,10,13,29H2,(H,30,32). The maximum absolute atomic E-state index is 14.7. The zero-order valence-electron chi connectivity index (χ0n) is 19.0. The molecule has 1 atom stereocenters. The summed E-state index contributed by atoms with van der Waals surface area (Å²) in [7, 11) is 0. The first kappa shape index (κ1) is 26.6. The fourth-order valence-electron chi connectivity index (χ4n) is 3.56. The van der Waals surface area contributed by atoms with E-state index in [-0.39, 0.29) is 17.4 Å². The lowest BCUT2D eigenvalue weighted by atomic mass is 9.99. The Morgan fingerprint density at radius 1 is 1.19 bits per heavy atom. The Bertz CT molecular complexity index is 1310. The summed E-state index contributed by atoms with van der Waals surface area (Å²) < 4.78 is 34.1. The second kappa shape index (κ2) is 12.6. The number of halogens is 2. The molecule has 0 spiro atoms. The molecule has 2 aromatic carbocycles. The van der Waals surface area contributed by atoms with E-state index in [0.29, 0.717) is 53.8 Å². The topological polar surface area (TPSA) is 135 Å². The molecule has 1 aromatic heterocycles. The third kappa shape index (κ3) is 6.78. The average Bonchev–Trinajstić information content (AvgIpc) is 3.29. The number of carbonyl (C=O) groups is 2. The van der Waals surface area contributed by atoms with Crippen LogP contribution >= 0.6 is 11.3 Å². The smallest absolute Gasteiger partial charge is 0.323 e. The number of rotatable bonds is 12. The van der Waals surface area contributed by atoms with Crippen molar-refractivity contribution in [1.82, 2.24) is 5.32 Å². The van der Waals surface area contributed by atoms with E-state index in [2.05, 4.69) is 10.5 Å². The van der Waals surface area contributed by atoms with Crippen molar-refractivity contribution in [2.24, 2.45) is 10.9 Å². The van der Waals surface area contributed by atoms with E-state index < -0.39 is 24.1 Å². The van der Waals surface area contributed by atoms with E-state index in [1.807, 2.05) is 6.07 Å². The third-order valence-corrected chi connectivity index (χ3v) is 6.48. The number of nitrogens with zero attached hydrogens (tertiary/aromatic N) is 2. The molecule has 0 aliphatic rings. The predicted molar refractivity (Wildman–Crippen MR) is 131 cm³/mol. The highest BCUT2D eigenvalue weighted by molar-refractivity contribution is 7.16. The predicted octanol–water partition coefficient (Wildman–Crippen LogP) is 4.30. The third-order valence-electron chi connectivity index (χ3n) is 5.27. The number of nitriles is 1. The van der Waals surface area contributed by atoms with Crippen LogP contribution in [0.2, 0.25) is 0 Å². The molecule has 0 saturated carbocycles. The van der Waals surface area contributed by atoms with Crippen LogP contribution in [-0.4, -0.2) is 31.5 Å². The van der Waals surface area contributed by atoms with E-state index in [9.17, 15) is 23.3 Å². The van der Waals surface area contributed by atoms with Gasteiger partial charge in [-0.15, -0.1) is 16.2 Å². The Balaban J connectivity index is 1.94. The van der Waals surface area contributed by atoms with Crippen LogP contribution in [0, 0.1) is 27.9 Å². The molecular weight excluding hydrogens is 490 g/mol. The van der Waals surface area contributed by atoms with Gasteiger partial charge in [0.2, 0.25) is 6.41 Å². The summed E-state index contributed by atoms with van der Waals surface area (Å²) in [5.41, 5.74) is 7.81. The first-order valence-electron chi connectivity index (χ1n) is 10.9. The summed E-state index contributed by atoms with van der Waals surface area (Å²) in [6.45, 7) is -0.163. The van der Waals surface area contributed by atoms with Gasteiger partial charge in [-0.1, -0.05) is 6.07 Å². The van der Waals surface area contributed by atoms with Crippen molar-refractivity contribution in [2.45, 2.75) is 25.3 Å². The van der Waals surface area contributed by atoms with Gasteiger partial charge in [0.25, 0.3) is 0 Å². The van der Waals surface area contributed by atoms with Crippen LogP contribution in [0.1, 0.15) is 23.3 Å². The van der Waals surface area contributed by atoms with Gasteiger partial charge < -0.3 is 15.8 Å². The summed E-state index contributed by atoms with van der Waals surface area (Å²) in [6, 6.07) is 11.9. The van der Waals surface area contributed by atoms with Crippen molar-refractivity contribution in [3.8, 4) is 33.4 Å². The minimum atomic E-state index is -1.07. The van der Waals surface area contributed by atoms with E-state index >= 15 is 0 Å². The van der Waals surface area contributed by atoms with Crippen molar-refractivity contribution in [3.63, 3.8) is 0 Å². The molecule has 1 unspecified atom stereocenters. The van der Waals surface area contributed by atoms with Crippen LogP contribution in [0.4, 0.5) is 8.78 Å². The maximum Gasteiger partial charge on any atom is 0.323 e. The largest absolute Gasteiger partial charge is 0.480 e. The summed E-state index contributed by atoms with van der Waals surface area (Å²) in [5, 5.41) is 13.8. The number of nitroso groups, excluding NO2 is 1. The Kier molecular flexibility index (Phi) is 9.32. The van der Waals surface area contributed by atoms with Crippen molar-refractivity contribution < 1.29 is 23.1 Å². The summed E-state index contributed by atoms with van der Waals surface area (Å²) in [4.78, 5) is 33.2. The zero-order valence-corrected chi connectivity index (χ0v) is 19.8. The van der Waals surface area contributed by atoms with Crippen molar-refractivity contribution in [3.05, 3.63) is 69.4 Å². The Morgan fingerprint density at radius 3 is 2.61 bits per heavy atom. The zero-order chi connectivity index (χ0) is 26.1. The van der Waals surface area contributed by atoms with Gasteiger partial charge in [-0.3, -0.25) is 9.59 Å². The van der Waals surface area contributed by atoms with E-state index in [1.165, 1.54) is 35.6 Å². The highest BCUT2D eigenvalue weighted by atomic mass is 32.1. The van der Waals surface area contributed by atoms with Gasteiger partial charge in [0.1, 0.15) is 11.9 Å². The molecule has 1 heterocycles. The second-order valence-corrected chi connectivity index (χ2v) is 9.00.